The summed E-state index contributed by atoms with van der Waals surface area (Å²) in [4.78, 5) is 8.20. The largest absolute Gasteiger partial charge is 0.394 e. The predicted molar refractivity (Wildman–Crippen MR) is 64.0 cm³/mol. The second kappa shape index (κ2) is 5.09. The van der Waals surface area contributed by atoms with Crippen molar-refractivity contribution in [2.45, 2.75) is 32.7 Å². The second-order valence-corrected chi connectivity index (χ2v) is 4.21. The minimum atomic E-state index is -0.426. The zero-order valence-electron chi connectivity index (χ0n) is 9.91. The van der Waals surface area contributed by atoms with Crippen LogP contribution in [0.4, 0.5) is 11.6 Å². The average Bonchev–Trinajstić information content (AvgIpc) is 2.28. The molecule has 0 aromatic carbocycles. The van der Waals surface area contributed by atoms with E-state index in [4.69, 9.17) is 5.84 Å². The van der Waals surface area contributed by atoms with Crippen LogP contribution in [-0.2, 0) is 6.42 Å². The summed E-state index contributed by atoms with van der Waals surface area (Å²) >= 11 is 0. The molecule has 0 aliphatic carbocycles. The topological polar surface area (TPSA) is 96.1 Å². The minimum Gasteiger partial charge on any atom is -0.394 e. The molecule has 1 heterocycles. The Balaban J connectivity index is 3.04. The molecular weight excluding hydrogens is 206 g/mol. The lowest BCUT2D eigenvalue weighted by Crippen LogP contribution is -2.36. The smallest absolute Gasteiger partial charge is 0.148 e. The molecule has 0 saturated carbocycles. The highest BCUT2D eigenvalue weighted by molar-refractivity contribution is 5.57. The second-order valence-electron chi connectivity index (χ2n) is 4.21. The van der Waals surface area contributed by atoms with E-state index in [9.17, 15) is 5.11 Å². The van der Waals surface area contributed by atoms with Gasteiger partial charge >= 0.3 is 0 Å². The van der Waals surface area contributed by atoms with Gasteiger partial charge < -0.3 is 15.8 Å². The van der Waals surface area contributed by atoms with E-state index in [0.29, 0.717) is 11.6 Å². The van der Waals surface area contributed by atoms with Crippen molar-refractivity contribution in [3.8, 4) is 0 Å². The van der Waals surface area contributed by atoms with E-state index in [2.05, 4.69) is 20.7 Å². The summed E-state index contributed by atoms with van der Waals surface area (Å²) in [7, 11) is 0. The predicted octanol–water partition coefficient (Wildman–Crippen LogP) is 0.507. The Morgan fingerprint density at radius 3 is 2.50 bits per heavy atom. The minimum absolute atomic E-state index is 0.0194. The van der Waals surface area contributed by atoms with Gasteiger partial charge in [0.1, 0.15) is 18.0 Å². The lowest BCUT2D eigenvalue weighted by molar-refractivity contribution is 0.234. The number of rotatable bonds is 5. The fourth-order valence-corrected chi connectivity index (χ4v) is 1.34. The Kier molecular flexibility index (Phi) is 4.03. The van der Waals surface area contributed by atoms with Crippen molar-refractivity contribution in [3.63, 3.8) is 0 Å². The maximum absolute atomic E-state index is 9.20. The third-order valence-corrected chi connectivity index (χ3v) is 2.29. The molecule has 0 spiro atoms. The third kappa shape index (κ3) is 2.80. The fraction of sp³-hybridized carbons (Fsp3) is 0.600. The summed E-state index contributed by atoms with van der Waals surface area (Å²) in [6.07, 6.45) is 2.19. The lowest BCUT2D eigenvalue weighted by Gasteiger charge is -2.25. The summed E-state index contributed by atoms with van der Waals surface area (Å²) in [6.45, 7) is 5.80. The molecule has 0 bridgehead atoms. The molecule has 0 radical (unpaired) electrons. The van der Waals surface area contributed by atoms with E-state index in [1.54, 1.807) is 0 Å². The monoisotopic (exact) mass is 225 g/mol. The zero-order chi connectivity index (χ0) is 12.2. The molecule has 0 fully saturated rings. The van der Waals surface area contributed by atoms with Gasteiger partial charge in [-0.1, -0.05) is 6.92 Å². The summed E-state index contributed by atoms with van der Waals surface area (Å²) in [5.74, 6) is 6.68. The molecule has 1 rings (SSSR count). The molecular formula is C10H19N5O. The molecule has 0 aliphatic rings. The van der Waals surface area contributed by atoms with Crippen molar-refractivity contribution in [2.24, 2.45) is 5.84 Å². The van der Waals surface area contributed by atoms with Gasteiger partial charge in [0.25, 0.3) is 0 Å². The molecule has 1 aromatic heterocycles. The standard InChI is InChI=1S/C10H19N5O/c1-4-7-8(14-10(2,3)5-16)12-6-13-9(7)15-11/h6,16H,4-5,11H2,1-3H3,(H2,12,13,14,15). The number of hydrogen-bond acceptors (Lipinski definition) is 6. The number of anilines is 2. The normalized spacial score (nSPS) is 11.3. The quantitative estimate of drug-likeness (QED) is 0.430. The number of nitrogens with zero attached hydrogens (tertiary/aromatic N) is 2. The molecule has 6 heteroatoms. The van der Waals surface area contributed by atoms with Gasteiger partial charge in [-0.3, -0.25) is 0 Å². The van der Waals surface area contributed by atoms with Gasteiger partial charge in [0.2, 0.25) is 0 Å². The number of hydrazine groups is 1. The number of nitrogens with one attached hydrogen (secondary N) is 2. The Bertz CT molecular complexity index is 353. The molecule has 6 nitrogen and oxygen atoms in total. The van der Waals surface area contributed by atoms with Crippen LogP contribution >= 0.6 is 0 Å². The van der Waals surface area contributed by atoms with Crippen LogP contribution in [0.2, 0.25) is 0 Å². The van der Waals surface area contributed by atoms with Crippen molar-refractivity contribution in [3.05, 3.63) is 11.9 Å². The number of hydrogen-bond donors (Lipinski definition) is 4. The van der Waals surface area contributed by atoms with Gasteiger partial charge in [-0.2, -0.15) is 0 Å². The number of aromatic nitrogens is 2. The van der Waals surface area contributed by atoms with Gasteiger partial charge in [-0.15, -0.1) is 0 Å². The molecule has 0 amide bonds. The molecule has 0 unspecified atom stereocenters. The highest BCUT2D eigenvalue weighted by Crippen LogP contribution is 2.22. The number of aliphatic hydroxyl groups is 1. The molecule has 90 valence electrons. The van der Waals surface area contributed by atoms with Crippen LogP contribution in [0, 0.1) is 0 Å². The first-order valence-corrected chi connectivity index (χ1v) is 5.23. The van der Waals surface area contributed by atoms with E-state index in [-0.39, 0.29) is 6.61 Å². The molecule has 0 aliphatic heterocycles. The van der Waals surface area contributed by atoms with Crippen molar-refractivity contribution in [1.82, 2.24) is 9.97 Å². The van der Waals surface area contributed by atoms with Gasteiger partial charge in [-0.05, 0) is 20.3 Å². The van der Waals surface area contributed by atoms with Crippen LogP contribution in [-0.4, -0.2) is 27.2 Å². The summed E-state index contributed by atoms with van der Waals surface area (Å²) in [5, 5.41) is 12.4. The van der Waals surface area contributed by atoms with Crippen molar-refractivity contribution < 1.29 is 5.11 Å². The van der Waals surface area contributed by atoms with E-state index >= 15 is 0 Å². The Morgan fingerprint density at radius 2 is 2.00 bits per heavy atom. The van der Waals surface area contributed by atoms with Crippen LogP contribution in [0.1, 0.15) is 26.3 Å². The lowest BCUT2D eigenvalue weighted by atomic mass is 10.1. The SMILES string of the molecule is CCc1c(NN)ncnc1NC(C)(C)CO. The third-order valence-electron chi connectivity index (χ3n) is 2.29. The number of nitrogen functional groups attached to an aromatic ring is 1. The Morgan fingerprint density at radius 1 is 1.38 bits per heavy atom. The number of nitrogens with two attached hydrogens (primary N) is 1. The first-order valence-electron chi connectivity index (χ1n) is 5.23. The maximum Gasteiger partial charge on any atom is 0.148 e. The molecule has 0 saturated heterocycles. The van der Waals surface area contributed by atoms with Crippen molar-refractivity contribution in [1.29, 1.82) is 0 Å². The van der Waals surface area contributed by atoms with Crippen molar-refractivity contribution in [2.75, 3.05) is 17.3 Å². The summed E-state index contributed by atoms with van der Waals surface area (Å²) in [6, 6.07) is 0. The molecule has 16 heavy (non-hydrogen) atoms. The van der Waals surface area contributed by atoms with E-state index < -0.39 is 5.54 Å². The van der Waals surface area contributed by atoms with Crippen LogP contribution in [0.25, 0.3) is 0 Å². The molecule has 0 atom stereocenters. The molecule has 1 aromatic rings. The maximum atomic E-state index is 9.20. The van der Waals surface area contributed by atoms with Crippen molar-refractivity contribution >= 4 is 11.6 Å². The highest BCUT2D eigenvalue weighted by Gasteiger charge is 2.19. The fourth-order valence-electron chi connectivity index (χ4n) is 1.34. The Labute approximate surface area is 95.3 Å². The van der Waals surface area contributed by atoms with Gasteiger partial charge in [-0.25, -0.2) is 15.8 Å². The molecule has 5 N–H and O–H groups in total. The number of aliphatic hydroxyl groups excluding tert-OH is 1. The highest BCUT2D eigenvalue weighted by atomic mass is 16.3. The van der Waals surface area contributed by atoms with Crippen LogP contribution < -0.4 is 16.6 Å². The van der Waals surface area contributed by atoms with E-state index in [1.807, 2.05) is 20.8 Å². The van der Waals surface area contributed by atoms with Crippen LogP contribution in [0.15, 0.2) is 6.33 Å². The van der Waals surface area contributed by atoms with Gasteiger partial charge in [0.15, 0.2) is 0 Å². The first kappa shape index (κ1) is 12.7. The van der Waals surface area contributed by atoms with Crippen LogP contribution in [0.5, 0.6) is 0 Å². The zero-order valence-corrected chi connectivity index (χ0v) is 9.91. The Hall–Kier alpha value is -1.40. The van der Waals surface area contributed by atoms with Crippen LogP contribution in [0.3, 0.4) is 0 Å². The van der Waals surface area contributed by atoms with Gasteiger partial charge in [0.05, 0.1) is 12.1 Å². The average molecular weight is 225 g/mol. The van der Waals surface area contributed by atoms with Gasteiger partial charge in [0, 0.05) is 5.56 Å². The van der Waals surface area contributed by atoms with E-state index in [0.717, 1.165) is 12.0 Å². The van der Waals surface area contributed by atoms with E-state index in [1.165, 1.54) is 6.33 Å². The summed E-state index contributed by atoms with van der Waals surface area (Å²) < 4.78 is 0. The first-order chi connectivity index (χ1) is 7.54. The summed E-state index contributed by atoms with van der Waals surface area (Å²) in [5.41, 5.74) is 3.02.